The average Bonchev–Trinajstić information content (AvgIpc) is 2.77. The van der Waals surface area contributed by atoms with Crippen molar-refractivity contribution < 1.29 is 5.11 Å². The number of hydrogen-bond acceptors (Lipinski definition) is 2. The first-order chi connectivity index (χ1) is 10.1. The number of aromatic nitrogens is 2. The predicted molar refractivity (Wildman–Crippen MR) is 87.1 cm³/mol. The van der Waals surface area contributed by atoms with E-state index >= 15 is 0 Å². The van der Waals surface area contributed by atoms with E-state index in [2.05, 4.69) is 16.5 Å². The topological polar surface area (TPSA) is 38.0 Å². The first-order valence-electron chi connectivity index (χ1n) is 6.75. The van der Waals surface area contributed by atoms with E-state index in [-0.39, 0.29) is 5.75 Å². The molecule has 0 atom stereocenters. The average molecular weight is 321 g/mol. The van der Waals surface area contributed by atoms with Crippen molar-refractivity contribution in [1.82, 2.24) is 9.55 Å². The molecule has 0 saturated carbocycles. The molecule has 3 nitrogen and oxygen atoms in total. The summed E-state index contributed by atoms with van der Waals surface area (Å²) >= 11 is 11.9. The van der Waals surface area contributed by atoms with Gasteiger partial charge in [-0.15, -0.1) is 0 Å². The molecule has 0 bridgehead atoms. The number of phenols is 1. The minimum atomic E-state index is 0.126. The number of rotatable bonds is 3. The molecule has 0 spiro atoms. The van der Waals surface area contributed by atoms with Gasteiger partial charge in [0.15, 0.2) is 0 Å². The number of hydrogen-bond donors (Lipinski definition) is 1. The van der Waals surface area contributed by atoms with Gasteiger partial charge >= 0.3 is 0 Å². The van der Waals surface area contributed by atoms with E-state index in [1.165, 1.54) is 6.07 Å². The van der Waals surface area contributed by atoms with Gasteiger partial charge in [0.1, 0.15) is 11.6 Å². The summed E-state index contributed by atoms with van der Waals surface area (Å²) < 4.78 is 2.09. The summed E-state index contributed by atoms with van der Waals surface area (Å²) in [5.41, 5.74) is 2.49. The molecule has 1 aromatic heterocycles. The Morgan fingerprint density at radius 3 is 2.52 bits per heavy atom. The predicted octanol–water partition coefficient (Wildman–Crippen LogP) is 5.13. The van der Waals surface area contributed by atoms with Crippen molar-refractivity contribution in [2.45, 2.75) is 19.9 Å². The summed E-state index contributed by atoms with van der Waals surface area (Å²) in [6, 6.07) is 10.7. The maximum atomic E-state index is 10.2. The maximum absolute atomic E-state index is 10.2. The number of nitrogens with zero attached hydrogens (tertiary/aromatic N) is 2. The van der Waals surface area contributed by atoms with Crippen LogP contribution in [0.2, 0.25) is 10.0 Å². The second-order valence-corrected chi connectivity index (χ2v) is 5.75. The van der Waals surface area contributed by atoms with E-state index in [1.54, 1.807) is 12.1 Å². The van der Waals surface area contributed by atoms with Crippen LogP contribution >= 0.6 is 23.2 Å². The number of aromatic hydroxyl groups is 1. The third-order valence-corrected chi connectivity index (χ3v) is 3.83. The van der Waals surface area contributed by atoms with Gasteiger partial charge < -0.3 is 9.67 Å². The van der Waals surface area contributed by atoms with Crippen molar-refractivity contribution in [2.75, 3.05) is 0 Å². The lowest BCUT2D eigenvalue weighted by atomic mass is 10.2. The summed E-state index contributed by atoms with van der Waals surface area (Å²) in [6.45, 7) is 2.92. The van der Waals surface area contributed by atoms with Crippen molar-refractivity contribution in [3.05, 3.63) is 46.4 Å². The first-order valence-corrected chi connectivity index (χ1v) is 7.50. The van der Waals surface area contributed by atoms with Crippen molar-refractivity contribution >= 4 is 34.2 Å². The highest BCUT2D eigenvalue weighted by Gasteiger charge is 2.15. The van der Waals surface area contributed by atoms with E-state index in [9.17, 15) is 5.11 Å². The molecule has 3 rings (SSSR count). The highest BCUT2D eigenvalue weighted by Crippen LogP contribution is 2.33. The monoisotopic (exact) mass is 320 g/mol. The van der Waals surface area contributed by atoms with Gasteiger partial charge in [-0.3, -0.25) is 0 Å². The Morgan fingerprint density at radius 2 is 1.81 bits per heavy atom. The third kappa shape index (κ3) is 2.59. The van der Waals surface area contributed by atoms with E-state index in [0.29, 0.717) is 15.6 Å². The van der Waals surface area contributed by atoms with E-state index in [0.717, 1.165) is 29.8 Å². The molecule has 1 N–H and O–H groups in total. The van der Waals surface area contributed by atoms with Crippen molar-refractivity contribution in [1.29, 1.82) is 0 Å². The van der Waals surface area contributed by atoms with Gasteiger partial charge in [-0.25, -0.2) is 4.98 Å². The van der Waals surface area contributed by atoms with E-state index in [4.69, 9.17) is 23.2 Å². The first kappa shape index (κ1) is 14.2. The number of fused-ring (bicyclic) bond motifs is 1. The molecule has 0 radical (unpaired) electrons. The standard InChI is InChI=1S/C16H14Cl2N2O/c1-2-7-20-14-6-4-10(17)8-13(14)19-16(20)12-5-3-11(18)9-15(12)21/h3-6,8-9,21H,2,7H2,1H3. The lowest BCUT2D eigenvalue weighted by Crippen LogP contribution is -1.99. The molecular weight excluding hydrogens is 307 g/mol. The molecule has 0 amide bonds. The Labute approximate surface area is 132 Å². The molecule has 2 aromatic carbocycles. The maximum Gasteiger partial charge on any atom is 0.144 e. The van der Waals surface area contributed by atoms with Crippen LogP contribution in [-0.4, -0.2) is 14.7 Å². The Hall–Kier alpha value is -1.71. The zero-order valence-electron chi connectivity index (χ0n) is 11.5. The lowest BCUT2D eigenvalue weighted by Gasteiger charge is -2.09. The molecule has 3 aromatic rings. The van der Waals surface area contributed by atoms with Gasteiger partial charge in [-0.05, 0) is 42.8 Å². The number of phenolic OH excluding ortho intramolecular Hbond substituents is 1. The largest absolute Gasteiger partial charge is 0.507 e. The highest BCUT2D eigenvalue weighted by atomic mass is 35.5. The summed E-state index contributed by atoms with van der Waals surface area (Å²) in [5, 5.41) is 11.3. The molecule has 108 valence electrons. The molecule has 1 heterocycles. The number of halogens is 2. The van der Waals surface area contributed by atoms with Gasteiger partial charge in [0.05, 0.1) is 16.6 Å². The molecule has 0 saturated heterocycles. The molecular formula is C16H14Cl2N2O. The van der Waals surface area contributed by atoms with Crippen LogP contribution in [0.15, 0.2) is 36.4 Å². The lowest BCUT2D eigenvalue weighted by molar-refractivity contribution is 0.476. The smallest absolute Gasteiger partial charge is 0.144 e. The zero-order chi connectivity index (χ0) is 15.0. The van der Waals surface area contributed by atoms with Crippen LogP contribution in [0.5, 0.6) is 5.75 Å². The molecule has 0 aliphatic carbocycles. The molecule has 0 fully saturated rings. The molecule has 0 aliphatic rings. The molecule has 0 aliphatic heterocycles. The van der Waals surface area contributed by atoms with Crippen molar-refractivity contribution in [2.24, 2.45) is 0 Å². The van der Waals surface area contributed by atoms with Crippen LogP contribution in [-0.2, 0) is 6.54 Å². The van der Waals surface area contributed by atoms with Crippen LogP contribution in [0.1, 0.15) is 13.3 Å². The number of benzene rings is 2. The molecule has 0 unspecified atom stereocenters. The fraction of sp³-hybridized carbons (Fsp3) is 0.188. The van der Waals surface area contributed by atoms with Crippen molar-refractivity contribution in [3.8, 4) is 17.1 Å². The van der Waals surface area contributed by atoms with Crippen LogP contribution < -0.4 is 0 Å². The van der Waals surface area contributed by atoms with Crippen LogP contribution in [0.4, 0.5) is 0 Å². The van der Waals surface area contributed by atoms with Gasteiger partial charge in [-0.2, -0.15) is 0 Å². The highest BCUT2D eigenvalue weighted by molar-refractivity contribution is 6.31. The Balaban J connectivity index is 2.27. The second-order valence-electron chi connectivity index (χ2n) is 4.88. The van der Waals surface area contributed by atoms with Gasteiger partial charge in [-0.1, -0.05) is 30.1 Å². The minimum absolute atomic E-state index is 0.126. The van der Waals surface area contributed by atoms with Crippen LogP contribution in [0, 0.1) is 0 Å². The number of imidazole rings is 1. The normalized spacial score (nSPS) is 11.2. The van der Waals surface area contributed by atoms with Crippen molar-refractivity contribution in [3.63, 3.8) is 0 Å². The summed E-state index contributed by atoms with van der Waals surface area (Å²) in [6.07, 6.45) is 0.968. The van der Waals surface area contributed by atoms with Crippen LogP contribution in [0.25, 0.3) is 22.4 Å². The zero-order valence-corrected chi connectivity index (χ0v) is 13.0. The Bertz CT molecular complexity index is 811. The SMILES string of the molecule is CCCn1c(-c2ccc(Cl)cc2O)nc2cc(Cl)ccc21. The van der Waals surface area contributed by atoms with E-state index in [1.807, 2.05) is 18.2 Å². The molecule has 5 heteroatoms. The quantitative estimate of drug-likeness (QED) is 0.726. The fourth-order valence-corrected chi connectivity index (χ4v) is 2.79. The summed E-state index contributed by atoms with van der Waals surface area (Å²) in [7, 11) is 0. The number of aryl methyl sites for hydroxylation is 1. The molecule has 21 heavy (non-hydrogen) atoms. The van der Waals surface area contributed by atoms with E-state index < -0.39 is 0 Å². The summed E-state index contributed by atoms with van der Waals surface area (Å²) in [5.74, 6) is 0.851. The minimum Gasteiger partial charge on any atom is -0.507 e. The van der Waals surface area contributed by atoms with Crippen LogP contribution in [0.3, 0.4) is 0 Å². The Morgan fingerprint density at radius 1 is 1.10 bits per heavy atom. The summed E-state index contributed by atoms with van der Waals surface area (Å²) in [4.78, 5) is 4.63. The second kappa shape index (κ2) is 5.58. The van der Waals surface area contributed by atoms with Gasteiger partial charge in [0.25, 0.3) is 0 Å². The van der Waals surface area contributed by atoms with Gasteiger partial charge in [0, 0.05) is 16.6 Å². The fourth-order valence-electron chi connectivity index (χ4n) is 2.45. The third-order valence-electron chi connectivity index (χ3n) is 3.36. The van der Waals surface area contributed by atoms with Gasteiger partial charge in [0.2, 0.25) is 0 Å². The Kier molecular flexibility index (Phi) is 3.79.